The van der Waals surface area contributed by atoms with Crippen molar-refractivity contribution in [1.82, 2.24) is 4.90 Å². The molecule has 1 aliphatic heterocycles. The molecule has 0 aromatic heterocycles. The molecule has 0 unspecified atom stereocenters. The monoisotopic (exact) mass is 394 g/mol. The van der Waals surface area contributed by atoms with Gasteiger partial charge in [0.2, 0.25) is 0 Å². The lowest BCUT2D eigenvalue weighted by atomic mass is 10.2. The molecule has 2 aromatic rings. The van der Waals surface area contributed by atoms with Crippen molar-refractivity contribution >= 4 is 34.6 Å². The number of carbonyl (C=O) groups excluding carboxylic acids is 1. The van der Waals surface area contributed by atoms with Crippen LogP contribution in [0.4, 0.5) is 5.69 Å². The fourth-order valence-corrected chi connectivity index (χ4v) is 3.83. The second-order valence-corrected chi connectivity index (χ2v) is 7.58. The lowest BCUT2D eigenvalue weighted by Gasteiger charge is -2.13. The number of benzene rings is 2. The third-order valence-corrected chi connectivity index (χ3v) is 5.25. The van der Waals surface area contributed by atoms with Gasteiger partial charge in [-0.25, -0.2) is 4.99 Å². The van der Waals surface area contributed by atoms with E-state index in [4.69, 9.17) is 4.74 Å². The number of unbranched alkanes of at least 4 members (excludes halogenated alkanes) is 1. The molecule has 0 spiro atoms. The number of ether oxygens (including phenoxy) is 1. The van der Waals surface area contributed by atoms with Crippen molar-refractivity contribution in [1.29, 1.82) is 0 Å². The second-order valence-electron chi connectivity index (χ2n) is 6.57. The van der Waals surface area contributed by atoms with Crippen LogP contribution in [0.1, 0.15) is 38.7 Å². The highest BCUT2D eigenvalue weighted by molar-refractivity contribution is 8.18. The van der Waals surface area contributed by atoms with Crippen molar-refractivity contribution in [2.45, 2.75) is 33.1 Å². The molecule has 28 heavy (non-hydrogen) atoms. The molecule has 1 fully saturated rings. The van der Waals surface area contributed by atoms with E-state index >= 15 is 0 Å². The van der Waals surface area contributed by atoms with E-state index in [9.17, 15) is 4.79 Å². The van der Waals surface area contributed by atoms with E-state index in [2.05, 4.69) is 18.8 Å². The van der Waals surface area contributed by atoms with Crippen LogP contribution < -0.4 is 4.74 Å². The van der Waals surface area contributed by atoms with Crippen molar-refractivity contribution in [3.63, 3.8) is 0 Å². The topological polar surface area (TPSA) is 41.9 Å². The van der Waals surface area contributed by atoms with Gasteiger partial charge in [-0.3, -0.25) is 9.69 Å². The van der Waals surface area contributed by atoms with Crippen LogP contribution >= 0.6 is 11.8 Å². The molecular formula is C23H26N2O2S. The highest BCUT2D eigenvalue weighted by Crippen LogP contribution is 2.34. The molecule has 0 atom stereocenters. The zero-order valence-electron chi connectivity index (χ0n) is 16.4. The Morgan fingerprint density at radius 2 is 1.89 bits per heavy atom. The third kappa shape index (κ3) is 5.26. The van der Waals surface area contributed by atoms with Crippen LogP contribution in [0.25, 0.3) is 6.08 Å². The van der Waals surface area contributed by atoms with Crippen molar-refractivity contribution in [3.05, 3.63) is 65.1 Å². The largest absolute Gasteiger partial charge is 0.494 e. The zero-order chi connectivity index (χ0) is 19.8. The van der Waals surface area contributed by atoms with Crippen LogP contribution in [0.5, 0.6) is 5.75 Å². The standard InChI is InChI=1S/C23H26N2O2S/c1-3-5-15-27-20-13-9-10-18(16-20)17-21-22(26)25(14-4-2)23(28-21)24-19-11-7-6-8-12-19/h6-13,16-17H,3-5,14-15H2,1-2H3/b21-17+,24-23?. The van der Waals surface area contributed by atoms with Crippen molar-refractivity contribution < 1.29 is 9.53 Å². The minimum atomic E-state index is 0.0128. The molecule has 146 valence electrons. The Hall–Kier alpha value is -2.53. The average Bonchev–Trinajstić information content (AvgIpc) is 2.98. The van der Waals surface area contributed by atoms with Gasteiger partial charge < -0.3 is 4.74 Å². The molecule has 1 saturated heterocycles. The summed E-state index contributed by atoms with van der Waals surface area (Å²) >= 11 is 1.43. The van der Waals surface area contributed by atoms with Gasteiger partial charge in [0.15, 0.2) is 5.17 Å². The molecule has 2 aromatic carbocycles. The minimum absolute atomic E-state index is 0.0128. The van der Waals surface area contributed by atoms with Crippen molar-refractivity contribution in [2.24, 2.45) is 4.99 Å². The van der Waals surface area contributed by atoms with Crippen molar-refractivity contribution in [3.8, 4) is 5.75 Å². The van der Waals surface area contributed by atoms with Crippen LogP contribution in [0, 0.1) is 0 Å². The van der Waals surface area contributed by atoms with E-state index in [1.165, 1.54) is 11.8 Å². The Bertz CT molecular complexity index is 862. The molecule has 5 heteroatoms. The van der Waals surface area contributed by atoms with E-state index in [0.29, 0.717) is 18.1 Å². The van der Waals surface area contributed by atoms with Gasteiger partial charge in [0.05, 0.1) is 17.2 Å². The first-order valence-corrected chi connectivity index (χ1v) is 10.6. The summed E-state index contributed by atoms with van der Waals surface area (Å²) < 4.78 is 5.78. The number of carbonyl (C=O) groups is 1. The molecule has 0 N–H and O–H groups in total. The quantitative estimate of drug-likeness (QED) is 0.415. The summed E-state index contributed by atoms with van der Waals surface area (Å²) in [6, 6.07) is 17.6. The maximum absolute atomic E-state index is 12.9. The van der Waals surface area contributed by atoms with Gasteiger partial charge >= 0.3 is 0 Å². The number of aliphatic imine (C=N–C) groups is 1. The average molecular weight is 395 g/mol. The maximum Gasteiger partial charge on any atom is 0.266 e. The van der Waals surface area contributed by atoms with Gasteiger partial charge in [-0.2, -0.15) is 0 Å². The van der Waals surface area contributed by atoms with Crippen LogP contribution in [0.15, 0.2) is 64.5 Å². The summed E-state index contributed by atoms with van der Waals surface area (Å²) in [4.78, 5) is 20.1. The van der Waals surface area contributed by atoms with E-state index in [0.717, 1.165) is 41.4 Å². The van der Waals surface area contributed by atoms with Gasteiger partial charge in [-0.15, -0.1) is 0 Å². The molecule has 0 saturated carbocycles. The SMILES string of the molecule is CCCCOc1cccc(/C=C2/SC(=Nc3ccccc3)N(CCC)C2=O)c1. The smallest absolute Gasteiger partial charge is 0.266 e. The molecule has 0 aliphatic carbocycles. The Balaban J connectivity index is 1.83. The fraction of sp³-hybridized carbons (Fsp3) is 0.304. The lowest BCUT2D eigenvalue weighted by Crippen LogP contribution is -2.29. The van der Waals surface area contributed by atoms with Gasteiger partial charge in [-0.05, 0) is 60.5 Å². The van der Waals surface area contributed by atoms with Crippen LogP contribution in [-0.2, 0) is 4.79 Å². The molecule has 0 radical (unpaired) electrons. The van der Waals surface area contributed by atoms with Crippen LogP contribution in [0.3, 0.4) is 0 Å². The lowest BCUT2D eigenvalue weighted by molar-refractivity contribution is -0.122. The van der Waals surface area contributed by atoms with Gasteiger partial charge in [0.1, 0.15) is 5.75 Å². The highest BCUT2D eigenvalue weighted by Gasteiger charge is 2.32. The van der Waals surface area contributed by atoms with E-state index in [1.54, 1.807) is 4.90 Å². The molecule has 1 aliphatic rings. The number of amides is 1. The summed E-state index contributed by atoms with van der Waals surface area (Å²) in [5, 5.41) is 0.736. The molecular weight excluding hydrogens is 368 g/mol. The third-order valence-electron chi connectivity index (χ3n) is 4.24. The first kappa shape index (κ1) is 20.2. The predicted octanol–water partition coefficient (Wildman–Crippen LogP) is 5.88. The van der Waals surface area contributed by atoms with Gasteiger partial charge in [0, 0.05) is 6.54 Å². The van der Waals surface area contributed by atoms with Crippen molar-refractivity contribution in [2.75, 3.05) is 13.2 Å². The molecule has 3 rings (SSSR count). The Morgan fingerprint density at radius 3 is 2.64 bits per heavy atom. The first-order valence-electron chi connectivity index (χ1n) is 9.79. The maximum atomic E-state index is 12.9. The molecule has 1 heterocycles. The summed E-state index contributed by atoms with van der Waals surface area (Å²) in [5.41, 5.74) is 1.81. The van der Waals surface area contributed by atoms with Gasteiger partial charge in [-0.1, -0.05) is 50.6 Å². The Morgan fingerprint density at radius 1 is 1.07 bits per heavy atom. The predicted molar refractivity (Wildman–Crippen MR) is 118 cm³/mol. The Labute approximate surface area is 171 Å². The normalized spacial score (nSPS) is 16.9. The molecule has 1 amide bonds. The number of hydrogen-bond acceptors (Lipinski definition) is 4. The summed E-state index contributed by atoms with van der Waals surface area (Å²) in [7, 11) is 0. The van der Waals surface area contributed by atoms with Crippen LogP contribution in [0.2, 0.25) is 0 Å². The number of para-hydroxylation sites is 1. The van der Waals surface area contributed by atoms with Gasteiger partial charge in [0.25, 0.3) is 5.91 Å². The number of amidine groups is 1. The molecule has 4 nitrogen and oxygen atoms in total. The summed E-state index contributed by atoms with van der Waals surface area (Å²) in [6.45, 7) is 5.58. The van der Waals surface area contributed by atoms with Crippen LogP contribution in [-0.4, -0.2) is 29.1 Å². The number of thioether (sulfide) groups is 1. The number of hydrogen-bond donors (Lipinski definition) is 0. The summed E-state index contributed by atoms with van der Waals surface area (Å²) in [5.74, 6) is 0.848. The minimum Gasteiger partial charge on any atom is -0.494 e. The van der Waals surface area contributed by atoms with E-state index in [1.807, 2.05) is 60.7 Å². The highest BCUT2D eigenvalue weighted by atomic mass is 32.2. The van der Waals surface area contributed by atoms with E-state index < -0.39 is 0 Å². The van der Waals surface area contributed by atoms with E-state index in [-0.39, 0.29) is 5.91 Å². The number of rotatable bonds is 8. The molecule has 0 bridgehead atoms. The second kappa shape index (κ2) is 10.1. The fourth-order valence-electron chi connectivity index (χ4n) is 2.80. The Kier molecular flexibility index (Phi) is 7.31. The zero-order valence-corrected chi connectivity index (χ0v) is 17.2. The summed E-state index contributed by atoms with van der Waals surface area (Å²) in [6.07, 6.45) is 4.95. The first-order chi connectivity index (χ1) is 13.7. The number of nitrogens with zero attached hydrogens (tertiary/aromatic N) is 2.